The molecule has 0 spiro atoms. The van der Waals surface area contributed by atoms with Crippen LogP contribution < -0.4 is 11.1 Å². The maximum atomic E-state index is 12.5. The molecule has 1 aromatic carbocycles. The minimum absolute atomic E-state index is 0.304. The number of aromatic amines is 1. The predicted octanol–water partition coefficient (Wildman–Crippen LogP) is 1.35. The highest BCUT2D eigenvalue weighted by molar-refractivity contribution is 5.87. The van der Waals surface area contributed by atoms with Crippen LogP contribution in [-0.4, -0.2) is 39.5 Å². The van der Waals surface area contributed by atoms with Gasteiger partial charge in [-0.3, -0.25) is 4.79 Å². The van der Waals surface area contributed by atoms with Gasteiger partial charge in [0.1, 0.15) is 11.6 Å². The number of hydrogen-bond acceptors (Lipinski definition) is 5. The van der Waals surface area contributed by atoms with Gasteiger partial charge < -0.3 is 20.8 Å². The van der Waals surface area contributed by atoms with Crippen LogP contribution in [0.2, 0.25) is 0 Å². The molecule has 1 aromatic heterocycles. The Labute approximate surface area is 153 Å². The molecule has 0 unspecified atom stereocenters. The number of esters is 1. The Bertz CT molecular complexity index is 708. The first-order valence-electron chi connectivity index (χ1n) is 8.54. The maximum Gasteiger partial charge on any atom is 0.329 e. The van der Waals surface area contributed by atoms with Crippen molar-refractivity contribution < 1.29 is 14.3 Å². The van der Waals surface area contributed by atoms with E-state index in [0.29, 0.717) is 12.8 Å². The summed E-state index contributed by atoms with van der Waals surface area (Å²) in [6.07, 6.45) is 3.78. The number of nitrogens with one attached hydrogen (secondary N) is 2. The third kappa shape index (κ3) is 6.33. The molecule has 2 atom stereocenters. The third-order valence-electron chi connectivity index (χ3n) is 3.62. The van der Waals surface area contributed by atoms with Gasteiger partial charge in [0, 0.05) is 24.7 Å². The van der Waals surface area contributed by atoms with Crippen molar-refractivity contribution in [2.24, 2.45) is 5.73 Å². The molecule has 0 bridgehead atoms. The number of benzene rings is 1. The number of imidazole rings is 1. The van der Waals surface area contributed by atoms with Gasteiger partial charge in [0.25, 0.3) is 0 Å². The van der Waals surface area contributed by atoms with E-state index >= 15 is 0 Å². The highest BCUT2D eigenvalue weighted by atomic mass is 16.6. The molecule has 2 rings (SSSR count). The van der Waals surface area contributed by atoms with Gasteiger partial charge in [0.2, 0.25) is 5.91 Å². The number of amides is 1. The summed E-state index contributed by atoms with van der Waals surface area (Å²) < 4.78 is 5.45. The van der Waals surface area contributed by atoms with E-state index in [0.717, 1.165) is 11.3 Å². The molecule has 7 nitrogen and oxygen atoms in total. The van der Waals surface area contributed by atoms with Crippen molar-refractivity contribution in [2.75, 3.05) is 0 Å². The Balaban J connectivity index is 2.06. The zero-order valence-corrected chi connectivity index (χ0v) is 15.4. The highest BCUT2D eigenvalue weighted by Crippen LogP contribution is 2.12. The minimum atomic E-state index is -0.808. The number of rotatable bonds is 7. The molecule has 0 saturated carbocycles. The molecular formula is C19H26N4O3. The van der Waals surface area contributed by atoms with Crippen molar-refractivity contribution in [3.05, 3.63) is 54.1 Å². The average Bonchev–Trinajstić information content (AvgIpc) is 3.06. The number of nitrogens with zero attached hydrogens (tertiary/aromatic N) is 1. The van der Waals surface area contributed by atoms with Crippen LogP contribution in [0.25, 0.3) is 0 Å². The van der Waals surface area contributed by atoms with Crippen molar-refractivity contribution >= 4 is 11.9 Å². The summed E-state index contributed by atoms with van der Waals surface area (Å²) in [4.78, 5) is 31.8. The van der Waals surface area contributed by atoms with E-state index in [9.17, 15) is 9.59 Å². The molecule has 1 amide bonds. The number of aromatic nitrogens is 2. The molecule has 0 aliphatic rings. The van der Waals surface area contributed by atoms with Crippen molar-refractivity contribution in [2.45, 2.75) is 51.3 Å². The van der Waals surface area contributed by atoms with Gasteiger partial charge in [-0.15, -0.1) is 0 Å². The molecule has 7 heteroatoms. The average molecular weight is 358 g/mol. The van der Waals surface area contributed by atoms with Gasteiger partial charge in [0.05, 0.1) is 12.4 Å². The van der Waals surface area contributed by atoms with Crippen LogP contribution >= 0.6 is 0 Å². The molecular weight excluding hydrogens is 332 g/mol. The van der Waals surface area contributed by atoms with Crippen LogP contribution in [-0.2, 0) is 27.2 Å². The first-order valence-corrected chi connectivity index (χ1v) is 8.54. The lowest BCUT2D eigenvalue weighted by molar-refractivity contribution is -0.158. The van der Waals surface area contributed by atoms with E-state index in [4.69, 9.17) is 10.5 Å². The normalized spacial score (nSPS) is 13.7. The zero-order valence-electron chi connectivity index (χ0n) is 15.4. The number of carbonyl (C=O) groups excluding carboxylic acids is 2. The Morgan fingerprint density at radius 2 is 1.92 bits per heavy atom. The third-order valence-corrected chi connectivity index (χ3v) is 3.62. The topological polar surface area (TPSA) is 110 Å². The number of ether oxygens (including phenoxy) is 1. The standard InChI is InChI=1S/C19H26N4O3/c1-19(2,3)26-18(25)16(9-13-7-5-4-6-8-13)23-17(24)15(20)10-14-11-21-12-22-14/h4-8,11-12,15-16H,9-10,20H2,1-3H3,(H,21,22)(H,23,24)/t15-,16-/m1/s1. The Kier molecular flexibility index (Phi) is 6.52. The second kappa shape index (κ2) is 8.62. The summed E-state index contributed by atoms with van der Waals surface area (Å²) in [5.74, 6) is -0.894. The Morgan fingerprint density at radius 3 is 2.50 bits per heavy atom. The van der Waals surface area contributed by atoms with Gasteiger partial charge in [-0.05, 0) is 26.3 Å². The van der Waals surface area contributed by atoms with E-state index in [1.165, 1.54) is 6.33 Å². The van der Waals surface area contributed by atoms with Crippen LogP contribution in [0.1, 0.15) is 32.0 Å². The van der Waals surface area contributed by atoms with Gasteiger partial charge >= 0.3 is 5.97 Å². The van der Waals surface area contributed by atoms with Crippen LogP contribution in [0.3, 0.4) is 0 Å². The van der Waals surface area contributed by atoms with E-state index in [2.05, 4.69) is 15.3 Å². The highest BCUT2D eigenvalue weighted by Gasteiger charge is 2.28. The summed E-state index contributed by atoms with van der Waals surface area (Å²) in [5, 5.41) is 2.73. The molecule has 2 aromatic rings. The zero-order chi connectivity index (χ0) is 19.2. The summed E-state index contributed by atoms with van der Waals surface area (Å²) in [5.41, 5.74) is 7.00. The van der Waals surface area contributed by atoms with E-state index < -0.39 is 29.6 Å². The van der Waals surface area contributed by atoms with Crippen molar-refractivity contribution in [3.8, 4) is 0 Å². The lowest BCUT2D eigenvalue weighted by Crippen LogP contribution is -2.51. The van der Waals surface area contributed by atoms with E-state index in [1.54, 1.807) is 27.0 Å². The maximum absolute atomic E-state index is 12.5. The second-order valence-electron chi connectivity index (χ2n) is 7.17. The number of nitrogens with two attached hydrogens (primary N) is 1. The molecule has 4 N–H and O–H groups in total. The van der Waals surface area contributed by atoms with Gasteiger partial charge in [-0.2, -0.15) is 0 Å². The second-order valence-corrected chi connectivity index (χ2v) is 7.17. The van der Waals surface area contributed by atoms with Crippen LogP contribution in [0.15, 0.2) is 42.9 Å². The fraction of sp³-hybridized carbons (Fsp3) is 0.421. The van der Waals surface area contributed by atoms with E-state index in [-0.39, 0.29) is 0 Å². The Hall–Kier alpha value is -2.67. The number of hydrogen-bond donors (Lipinski definition) is 3. The lowest BCUT2D eigenvalue weighted by atomic mass is 10.0. The summed E-state index contributed by atoms with van der Waals surface area (Å²) in [7, 11) is 0. The van der Waals surface area contributed by atoms with Gasteiger partial charge in [-0.1, -0.05) is 30.3 Å². The van der Waals surface area contributed by atoms with Crippen LogP contribution in [0, 0.1) is 0 Å². The largest absolute Gasteiger partial charge is 0.458 e. The molecule has 0 aliphatic heterocycles. The van der Waals surface area contributed by atoms with Crippen molar-refractivity contribution in [3.63, 3.8) is 0 Å². The lowest BCUT2D eigenvalue weighted by Gasteiger charge is -2.25. The summed E-state index contributed by atoms with van der Waals surface area (Å²) in [6, 6.07) is 7.85. The molecule has 140 valence electrons. The first-order chi connectivity index (χ1) is 12.2. The quantitative estimate of drug-likeness (QED) is 0.647. The molecule has 0 radical (unpaired) electrons. The van der Waals surface area contributed by atoms with Crippen molar-refractivity contribution in [1.82, 2.24) is 15.3 Å². The smallest absolute Gasteiger partial charge is 0.329 e. The number of H-pyrrole nitrogens is 1. The minimum Gasteiger partial charge on any atom is -0.458 e. The SMILES string of the molecule is CC(C)(C)OC(=O)[C@@H](Cc1ccccc1)NC(=O)[C@H](N)Cc1cnc[nH]1. The molecule has 0 saturated heterocycles. The van der Waals surface area contributed by atoms with Crippen LogP contribution in [0.5, 0.6) is 0 Å². The molecule has 0 aliphatic carbocycles. The molecule has 26 heavy (non-hydrogen) atoms. The van der Waals surface area contributed by atoms with Crippen LogP contribution in [0.4, 0.5) is 0 Å². The predicted molar refractivity (Wildman–Crippen MR) is 98.2 cm³/mol. The molecule has 0 fully saturated rings. The fourth-order valence-electron chi connectivity index (χ4n) is 2.42. The molecule has 1 heterocycles. The van der Waals surface area contributed by atoms with Crippen molar-refractivity contribution in [1.29, 1.82) is 0 Å². The fourth-order valence-corrected chi connectivity index (χ4v) is 2.42. The Morgan fingerprint density at radius 1 is 1.23 bits per heavy atom. The first kappa shape index (κ1) is 19.7. The summed E-state index contributed by atoms with van der Waals surface area (Å²) in [6.45, 7) is 5.36. The summed E-state index contributed by atoms with van der Waals surface area (Å²) >= 11 is 0. The monoisotopic (exact) mass is 358 g/mol. The van der Waals surface area contributed by atoms with Gasteiger partial charge in [-0.25, -0.2) is 9.78 Å². The van der Waals surface area contributed by atoms with Gasteiger partial charge in [0.15, 0.2) is 0 Å². The van der Waals surface area contributed by atoms with E-state index in [1.807, 2.05) is 30.3 Å². The number of carbonyl (C=O) groups is 2.